The predicted octanol–water partition coefficient (Wildman–Crippen LogP) is 4.63. The molecule has 0 fully saturated rings. The molecule has 7 heteroatoms. The van der Waals surface area contributed by atoms with Gasteiger partial charge in [0.15, 0.2) is 0 Å². The maximum Gasteiger partial charge on any atom is 0.116 e. The van der Waals surface area contributed by atoms with Crippen molar-refractivity contribution in [2.75, 3.05) is 0 Å². The van der Waals surface area contributed by atoms with Gasteiger partial charge < -0.3 is 4.98 Å². The summed E-state index contributed by atoms with van der Waals surface area (Å²) >= 11 is 0. The summed E-state index contributed by atoms with van der Waals surface area (Å²) in [5.41, 5.74) is 7.18. The van der Waals surface area contributed by atoms with Gasteiger partial charge in [0.1, 0.15) is 5.69 Å². The molecule has 6 aromatic heterocycles. The quantitative estimate of drug-likeness (QED) is 0.460. The smallest absolute Gasteiger partial charge is 0.116 e. The second kappa shape index (κ2) is 6.59. The van der Waals surface area contributed by atoms with E-state index in [1.807, 2.05) is 48.7 Å². The highest BCUT2D eigenvalue weighted by Gasteiger charge is 2.15. The summed E-state index contributed by atoms with van der Waals surface area (Å²) in [6.07, 6.45) is 8.91. The minimum absolute atomic E-state index is 0.838. The first-order valence-electron chi connectivity index (χ1n) is 9.51. The van der Waals surface area contributed by atoms with Gasteiger partial charge in [0.05, 0.1) is 34.5 Å². The van der Waals surface area contributed by atoms with E-state index < -0.39 is 0 Å². The zero-order valence-corrected chi connectivity index (χ0v) is 15.7. The van der Waals surface area contributed by atoms with Crippen molar-refractivity contribution in [3.8, 4) is 34.0 Å². The molecule has 6 heterocycles. The molecule has 2 N–H and O–H groups in total. The van der Waals surface area contributed by atoms with Crippen LogP contribution in [0, 0.1) is 0 Å². The number of hydrogen-bond acceptors (Lipinski definition) is 5. The second-order valence-electron chi connectivity index (χ2n) is 6.94. The van der Waals surface area contributed by atoms with Gasteiger partial charge in [0.2, 0.25) is 0 Å². The molecule has 0 aliphatic heterocycles. The van der Waals surface area contributed by atoms with Crippen LogP contribution in [-0.2, 0) is 0 Å². The lowest BCUT2D eigenvalue weighted by atomic mass is 10.1. The molecule has 0 spiro atoms. The Bertz CT molecular complexity index is 1480. The first kappa shape index (κ1) is 16.6. The third-order valence-electron chi connectivity index (χ3n) is 5.13. The molecule has 30 heavy (non-hydrogen) atoms. The number of aromatic nitrogens is 7. The highest BCUT2D eigenvalue weighted by Crippen LogP contribution is 2.33. The van der Waals surface area contributed by atoms with E-state index in [2.05, 4.69) is 41.2 Å². The summed E-state index contributed by atoms with van der Waals surface area (Å²) in [6.45, 7) is 0. The van der Waals surface area contributed by atoms with Gasteiger partial charge in [-0.1, -0.05) is 6.07 Å². The van der Waals surface area contributed by atoms with Gasteiger partial charge >= 0.3 is 0 Å². The molecule has 0 amide bonds. The molecule has 0 bridgehead atoms. The van der Waals surface area contributed by atoms with Gasteiger partial charge in [-0.2, -0.15) is 5.10 Å². The minimum atomic E-state index is 0.838. The van der Waals surface area contributed by atoms with E-state index in [-0.39, 0.29) is 0 Å². The first-order chi connectivity index (χ1) is 14.9. The third-order valence-corrected chi connectivity index (χ3v) is 5.13. The van der Waals surface area contributed by atoms with Gasteiger partial charge in [-0.3, -0.25) is 25.0 Å². The number of hydrogen-bond donors (Lipinski definition) is 2. The Morgan fingerprint density at radius 3 is 2.43 bits per heavy atom. The average Bonchev–Trinajstić information content (AvgIpc) is 3.43. The standard InChI is InChI=1S/C23H15N7/c1-2-7-25-18(3-1)22-15-12-20(28-17(15)6-10-26-22)23-16-11-19(14-4-8-24-9-5-14)27-13-21(16)29-30-23/h1-13,28H,(H,29,30). The zero-order valence-electron chi connectivity index (χ0n) is 15.7. The molecular formula is C23H15N7. The molecule has 0 aliphatic carbocycles. The Hall–Kier alpha value is -4.39. The molecule has 0 saturated carbocycles. The fourth-order valence-electron chi connectivity index (χ4n) is 3.69. The highest BCUT2D eigenvalue weighted by atomic mass is 15.1. The van der Waals surface area contributed by atoms with Crippen LogP contribution < -0.4 is 0 Å². The Labute approximate surface area is 170 Å². The molecule has 0 atom stereocenters. The fraction of sp³-hybridized carbons (Fsp3) is 0. The molecule has 0 saturated heterocycles. The van der Waals surface area contributed by atoms with Gasteiger partial charge in [0, 0.05) is 46.6 Å². The van der Waals surface area contributed by atoms with E-state index in [4.69, 9.17) is 0 Å². The molecule has 6 aromatic rings. The van der Waals surface area contributed by atoms with Crippen LogP contribution in [0.1, 0.15) is 0 Å². The van der Waals surface area contributed by atoms with Crippen LogP contribution in [0.15, 0.2) is 79.5 Å². The lowest BCUT2D eigenvalue weighted by molar-refractivity contribution is 1.11. The third kappa shape index (κ3) is 2.64. The molecule has 0 aromatic carbocycles. The van der Waals surface area contributed by atoms with Gasteiger partial charge in [-0.05, 0) is 42.5 Å². The van der Waals surface area contributed by atoms with Gasteiger partial charge in [-0.25, -0.2) is 0 Å². The van der Waals surface area contributed by atoms with E-state index in [0.29, 0.717) is 0 Å². The lowest BCUT2D eigenvalue weighted by Gasteiger charge is -2.01. The number of H-pyrrole nitrogens is 2. The highest BCUT2D eigenvalue weighted by molar-refractivity contribution is 6.00. The number of nitrogens with zero attached hydrogens (tertiary/aromatic N) is 5. The van der Waals surface area contributed by atoms with Gasteiger partial charge in [-0.15, -0.1) is 0 Å². The van der Waals surface area contributed by atoms with Crippen molar-refractivity contribution < 1.29 is 0 Å². The number of aromatic amines is 2. The van der Waals surface area contributed by atoms with Gasteiger partial charge in [0.25, 0.3) is 0 Å². The van der Waals surface area contributed by atoms with E-state index >= 15 is 0 Å². The Morgan fingerprint density at radius 2 is 1.57 bits per heavy atom. The van der Waals surface area contributed by atoms with Crippen molar-refractivity contribution in [2.24, 2.45) is 0 Å². The molecule has 0 radical (unpaired) electrons. The summed E-state index contributed by atoms with van der Waals surface area (Å²) in [7, 11) is 0. The van der Waals surface area contributed by atoms with Crippen LogP contribution in [0.2, 0.25) is 0 Å². The molecule has 142 valence electrons. The number of nitrogens with one attached hydrogen (secondary N) is 2. The van der Waals surface area contributed by atoms with Crippen molar-refractivity contribution >= 4 is 21.8 Å². The fourth-order valence-corrected chi connectivity index (χ4v) is 3.69. The molecule has 0 unspecified atom stereocenters. The van der Waals surface area contributed by atoms with Crippen LogP contribution in [0.25, 0.3) is 55.8 Å². The maximum atomic E-state index is 4.56. The molecule has 7 nitrogen and oxygen atoms in total. The van der Waals surface area contributed by atoms with E-state index in [1.54, 1.807) is 24.8 Å². The normalized spacial score (nSPS) is 11.3. The predicted molar refractivity (Wildman–Crippen MR) is 115 cm³/mol. The Kier molecular flexibility index (Phi) is 3.64. The van der Waals surface area contributed by atoms with E-state index in [9.17, 15) is 0 Å². The molecular weight excluding hydrogens is 374 g/mol. The number of fused-ring (bicyclic) bond motifs is 2. The monoisotopic (exact) mass is 389 g/mol. The zero-order chi connectivity index (χ0) is 19.9. The van der Waals surface area contributed by atoms with E-state index in [1.165, 1.54) is 0 Å². The van der Waals surface area contributed by atoms with E-state index in [0.717, 1.165) is 55.8 Å². The van der Waals surface area contributed by atoms with Crippen LogP contribution in [0.4, 0.5) is 0 Å². The molecule has 6 rings (SSSR count). The summed E-state index contributed by atoms with van der Waals surface area (Å²) in [6, 6.07) is 15.8. The summed E-state index contributed by atoms with van der Waals surface area (Å²) < 4.78 is 0. The second-order valence-corrected chi connectivity index (χ2v) is 6.94. The summed E-state index contributed by atoms with van der Waals surface area (Å²) in [5.74, 6) is 0. The SMILES string of the molecule is c1ccc(-c2nccc3[nH]c(-c4n[nH]c5cnc(-c6ccncc6)cc45)cc23)nc1. The van der Waals surface area contributed by atoms with Crippen LogP contribution in [0.3, 0.4) is 0 Å². The summed E-state index contributed by atoms with van der Waals surface area (Å²) in [4.78, 5) is 21.1. The van der Waals surface area contributed by atoms with Crippen LogP contribution in [-0.4, -0.2) is 35.1 Å². The van der Waals surface area contributed by atoms with Crippen molar-refractivity contribution in [3.05, 3.63) is 79.5 Å². The Morgan fingerprint density at radius 1 is 0.667 bits per heavy atom. The average molecular weight is 389 g/mol. The maximum absolute atomic E-state index is 4.56. The summed E-state index contributed by atoms with van der Waals surface area (Å²) in [5, 5.41) is 9.64. The van der Waals surface area contributed by atoms with Crippen molar-refractivity contribution in [1.29, 1.82) is 0 Å². The lowest BCUT2D eigenvalue weighted by Crippen LogP contribution is -1.86. The molecule has 0 aliphatic rings. The number of rotatable bonds is 3. The number of pyridine rings is 4. The Balaban J connectivity index is 1.52. The first-order valence-corrected chi connectivity index (χ1v) is 9.51. The van der Waals surface area contributed by atoms with Crippen LogP contribution in [0.5, 0.6) is 0 Å². The minimum Gasteiger partial charge on any atom is -0.353 e. The van der Waals surface area contributed by atoms with Crippen molar-refractivity contribution in [2.45, 2.75) is 0 Å². The van der Waals surface area contributed by atoms with Crippen molar-refractivity contribution in [3.63, 3.8) is 0 Å². The largest absolute Gasteiger partial charge is 0.353 e. The topological polar surface area (TPSA) is 96.0 Å². The van der Waals surface area contributed by atoms with Crippen LogP contribution >= 0.6 is 0 Å². The van der Waals surface area contributed by atoms with Crippen molar-refractivity contribution in [1.82, 2.24) is 35.1 Å².